The Morgan fingerprint density at radius 2 is 2.25 bits per heavy atom. The number of hydrogen-bond acceptors (Lipinski definition) is 6. The third kappa shape index (κ3) is 2.83. The molecule has 1 unspecified atom stereocenters. The fourth-order valence-electron chi connectivity index (χ4n) is 2.42. The summed E-state index contributed by atoms with van der Waals surface area (Å²) < 4.78 is 6.57. The van der Waals surface area contributed by atoms with Crippen molar-refractivity contribution in [1.82, 2.24) is 4.57 Å². The molecule has 0 fully saturated rings. The Bertz CT molecular complexity index is 942. The molecule has 0 spiro atoms. The summed E-state index contributed by atoms with van der Waals surface area (Å²) in [6, 6.07) is 4.79. The Hall–Kier alpha value is -2.19. The summed E-state index contributed by atoms with van der Waals surface area (Å²) in [4.78, 5) is 28.0. The van der Waals surface area contributed by atoms with E-state index in [0.717, 1.165) is 37.2 Å². The SMILES string of the molecule is COC(=O)C(C)n1c(O)c(/C=C2/C=Nc3ccc(Br)cc32)sc1=O. The topological polar surface area (TPSA) is 80.9 Å². The summed E-state index contributed by atoms with van der Waals surface area (Å²) in [6.45, 7) is 1.50. The molecule has 1 aliphatic rings. The van der Waals surface area contributed by atoms with Crippen molar-refractivity contribution in [3.8, 4) is 5.88 Å². The number of thiazole rings is 1. The minimum absolute atomic E-state index is 0.257. The van der Waals surface area contributed by atoms with Gasteiger partial charge in [-0.05, 0) is 31.2 Å². The summed E-state index contributed by atoms with van der Waals surface area (Å²) in [6.07, 6.45) is 3.36. The second kappa shape index (κ2) is 6.37. The lowest BCUT2D eigenvalue weighted by Crippen LogP contribution is -2.24. The number of esters is 1. The maximum atomic E-state index is 12.1. The second-order valence-electron chi connectivity index (χ2n) is 5.14. The lowest BCUT2D eigenvalue weighted by atomic mass is 10.1. The van der Waals surface area contributed by atoms with E-state index in [4.69, 9.17) is 0 Å². The van der Waals surface area contributed by atoms with Crippen molar-refractivity contribution in [3.05, 3.63) is 42.8 Å². The van der Waals surface area contributed by atoms with Gasteiger partial charge in [-0.2, -0.15) is 0 Å². The van der Waals surface area contributed by atoms with Crippen molar-refractivity contribution in [1.29, 1.82) is 0 Å². The maximum absolute atomic E-state index is 12.1. The van der Waals surface area contributed by atoms with Gasteiger partial charge in [0.05, 0.1) is 17.7 Å². The van der Waals surface area contributed by atoms with Gasteiger partial charge in [0.15, 0.2) is 0 Å². The van der Waals surface area contributed by atoms with Gasteiger partial charge in [0, 0.05) is 21.8 Å². The van der Waals surface area contributed by atoms with E-state index in [-0.39, 0.29) is 5.88 Å². The molecule has 1 N–H and O–H groups in total. The van der Waals surface area contributed by atoms with E-state index >= 15 is 0 Å². The summed E-state index contributed by atoms with van der Waals surface area (Å²) in [5.74, 6) is -0.853. The van der Waals surface area contributed by atoms with Crippen LogP contribution in [0.3, 0.4) is 0 Å². The van der Waals surface area contributed by atoms with Crippen molar-refractivity contribution in [2.75, 3.05) is 7.11 Å². The third-order valence-corrected chi connectivity index (χ3v) is 5.06. The van der Waals surface area contributed by atoms with E-state index in [2.05, 4.69) is 25.7 Å². The van der Waals surface area contributed by atoms with Crippen LogP contribution in [0.4, 0.5) is 5.69 Å². The van der Waals surface area contributed by atoms with Crippen molar-refractivity contribution < 1.29 is 14.6 Å². The Balaban J connectivity index is 2.05. The van der Waals surface area contributed by atoms with Crippen LogP contribution in [0.5, 0.6) is 5.88 Å². The van der Waals surface area contributed by atoms with Crippen molar-refractivity contribution in [3.63, 3.8) is 0 Å². The van der Waals surface area contributed by atoms with Gasteiger partial charge in [0.25, 0.3) is 0 Å². The van der Waals surface area contributed by atoms with E-state index in [1.807, 2.05) is 18.2 Å². The van der Waals surface area contributed by atoms with Crippen LogP contribution in [0.2, 0.25) is 0 Å². The molecule has 1 aliphatic heterocycles. The number of halogens is 1. The van der Waals surface area contributed by atoms with Gasteiger partial charge in [-0.1, -0.05) is 27.3 Å². The first-order chi connectivity index (χ1) is 11.4. The Morgan fingerprint density at radius 1 is 1.50 bits per heavy atom. The first kappa shape index (κ1) is 16.7. The number of hydrogen-bond donors (Lipinski definition) is 1. The number of nitrogens with zero attached hydrogens (tertiary/aromatic N) is 2. The molecule has 1 aromatic carbocycles. The van der Waals surface area contributed by atoms with E-state index in [0.29, 0.717) is 4.88 Å². The number of aliphatic imine (C=N–C) groups is 1. The average molecular weight is 409 g/mol. The number of ether oxygens (including phenoxy) is 1. The molecule has 0 saturated heterocycles. The summed E-state index contributed by atoms with van der Waals surface area (Å²) >= 11 is 4.28. The molecular weight excluding hydrogens is 396 g/mol. The Kier molecular flexibility index (Phi) is 4.42. The third-order valence-electron chi connectivity index (χ3n) is 3.67. The molecular formula is C16H13BrN2O4S. The lowest BCUT2D eigenvalue weighted by molar-refractivity contribution is -0.144. The van der Waals surface area contributed by atoms with Crippen molar-refractivity contribution in [2.45, 2.75) is 13.0 Å². The van der Waals surface area contributed by atoms with E-state index in [1.54, 1.807) is 12.3 Å². The first-order valence-corrected chi connectivity index (χ1v) is 8.61. The molecule has 0 aliphatic carbocycles. The highest BCUT2D eigenvalue weighted by Gasteiger charge is 2.24. The highest BCUT2D eigenvalue weighted by molar-refractivity contribution is 9.10. The standard InChI is InChI=1S/C16H13BrN2O4S/c1-8(15(21)23-2)19-14(20)13(24-16(19)22)5-9-7-18-12-4-3-10(17)6-11(9)12/h3-8,20H,1-2H3/b9-5-. The minimum Gasteiger partial charge on any atom is -0.493 e. The minimum atomic E-state index is -0.899. The number of methoxy groups -OCH3 is 1. The molecule has 1 aromatic heterocycles. The zero-order chi connectivity index (χ0) is 17.4. The molecule has 0 amide bonds. The molecule has 1 atom stereocenters. The van der Waals surface area contributed by atoms with Gasteiger partial charge < -0.3 is 9.84 Å². The van der Waals surface area contributed by atoms with Crippen LogP contribution in [0, 0.1) is 0 Å². The molecule has 2 heterocycles. The van der Waals surface area contributed by atoms with E-state index < -0.39 is 16.9 Å². The normalized spacial score (nSPS) is 15.5. The number of carbonyl (C=O) groups excluding carboxylic acids is 1. The van der Waals surface area contributed by atoms with Crippen LogP contribution in [-0.4, -0.2) is 29.0 Å². The highest BCUT2D eigenvalue weighted by Crippen LogP contribution is 2.36. The van der Waals surface area contributed by atoms with Gasteiger partial charge >= 0.3 is 10.8 Å². The van der Waals surface area contributed by atoms with Crippen LogP contribution < -0.4 is 4.87 Å². The van der Waals surface area contributed by atoms with Gasteiger partial charge in [-0.25, -0.2) is 4.79 Å². The van der Waals surface area contributed by atoms with Crippen LogP contribution in [0.15, 0.2) is 32.5 Å². The zero-order valence-corrected chi connectivity index (χ0v) is 15.2. The molecule has 0 bridgehead atoms. The van der Waals surface area contributed by atoms with Crippen LogP contribution >= 0.6 is 27.3 Å². The van der Waals surface area contributed by atoms with Crippen molar-refractivity contribution in [2.24, 2.45) is 4.99 Å². The number of carbonyl (C=O) groups is 1. The van der Waals surface area contributed by atoms with E-state index in [1.165, 1.54) is 14.0 Å². The van der Waals surface area contributed by atoms with Gasteiger partial charge in [-0.15, -0.1) is 0 Å². The Morgan fingerprint density at radius 3 is 2.96 bits per heavy atom. The number of allylic oxidation sites excluding steroid dienone is 1. The predicted molar refractivity (Wildman–Crippen MR) is 97.1 cm³/mol. The van der Waals surface area contributed by atoms with Gasteiger partial charge in [0.2, 0.25) is 5.88 Å². The van der Waals surface area contributed by atoms with E-state index in [9.17, 15) is 14.7 Å². The van der Waals surface area contributed by atoms with Crippen LogP contribution in [-0.2, 0) is 9.53 Å². The quantitative estimate of drug-likeness (QED) is 0.789. The molecule has 0 saturated carbocycles. The summed E-state index contributed by atoms with van der Waals surface area (Å²) in [7, 11) is 1.24. The number of aromatic hydroxyl groups is 1. The molecule has 2 aromatic rings. The maximum Gasteiger partial charge on any atom is 0.328 e. The summed E-state index contributed by atoms with van der Waals surface area (Å²) in [5.41, 5.74) is 2.50. The number of rotatable bonds is 3. The van der Waals surface area contributed by atoms with Crippen LogP contribution in [0.1, 0.15) is 23.4 Å². The molecule has 124 valence electrons. The zero-order valence-electron chi connectivity index (χ0n) is 12.8. The van der Waals surface area contributed by atoms with Gasteiger partial charge in [0.1, 0.15) is 6.04 Å². The summed E-state index contributed by atoms with van der Waals surface area (Å²) in [5, 5.41) is 10.4. The smallest absolute Gasteiger partial charge is 0.328 e. The number of benzene rings is 1. The largest absolute Gasteiger partial charge is 0.493 e. The molecule has 0 radical (unpaired) electrons. The first-order valence-electron chi connectivity index (χ1n) is 7.00. The fourth-order valence-corrected chi connectivity index (χ4v) is 3.69. The predicted octanol–water partition coefficient (Wildman–Crippen LogP) is 3.37. The average Bonchev–Trinajstić information content (AvgIpc) is 3.07. The monoisotopic (exact) mass is 408 g/mol. The molecule has 8 heteroatoms. The molecule has 6 nitrogen and oxygen atoms in total. The highest BCUT2D eigenvalue weighted by atomic mass is 79.9. The lowest BCUT2D eigenvalue weighted by Gasteiger charge is -2.10. The number of aromatic nitrogens is 1. The fraction of sp³-hybridized carbons (Fsp3) is 0.188. The molecule has 3 rings (SSSR count). The van der Waals surface area contributed by atoms with Crippen molar-refractivity contribution >= 4 is 56.8 Å². The second-order valence-corrected chi connectivity index (χ2v) is 7.05. The van der Waals surface area contributed by atoms with Crippen LogP contribution in [0.25, 0.3) is 11.6 Å². The van der Waals surface area contributed by atoms with Gasteiger partial charge in [-0.3, -0.25) is 14.4 Å². The molecule has 24 heavy (non-hydrogen) atoms. The Labute approximate surface area is 149 Å². The number of fused-ring (bicyclic) bond motifs is 1.